The monoisotopic (exact) mass is 369 g/mol. The Kier molecular flexibility index (Phi) is 6.22. The number of hydrogen-bond acceptors (Lipinski definition) is 4. The van der Waals surface area contributed by atoms with Crippen LogP contribution in [0.4, 0.5) is 0 Å². The van der Waals surface area contributed by atoms with Crippen molar-refractivity contribution in [1.29, 1.82) is 0 Å². The molecule has 0 aromatic rings. The Balaban J connectivity index is 0.00000225. The maximum atomic E-state index is 11.1. The molecular weight excluding hydrogens is 338 g/mol. The number of halogens is 1. The van der Waals surface area contributed by atoms with Gasteiger partial charge in [0.25, 0.3) is 0 Å². The third-order valence-electron chi connectivity index (χ3n) is 5.67. The van der Waals surface area contributed by atoms with Crippen LogP contribution in [0.5, 0.6) is 0 Å². The molecule has 3 aliphatic rings. The Morgan fingerprint density at radius 2 is 1.84 bits per heavy atom. The fourth-order valence-corrected chi connectivity index (χ4v) is 4.07. The minimum Gasteiger partial charge on any atom is -0.384 e. The molecule has 0 radical (unpaired) electrons. The molecule has 2 aliphatic carbocycles. The van der Waals surface area contributed by atoms with Crippen molar-refractivity contribution in [3.8, 4) is 0 Å². The first-order valence-corrected chi connectivity index (χ1v) is 9.18. The number of hydrogen-bond donors (Lipinski definition) is 3. The summed E-state index contributed by atoms with van der Waals surface area (Å²) in [4.78, 5) is 0. The van der Waals surface area contributed by atoms with Gasteiger partial charge in [-0.05, 0) is 48.7 Å². The van der Waals surface area contributed by atoms with Gasteiger partial charge in [0.05, 0.1) is 12.6 Å². The summed E-state index contributed by atoms with van der Waals surface area (Å²) in [6.45, 7) is 6.25. The number of nitrogens with two attached hydrogens (primary N) is 1. The second-order valence-electron chi connectivity index (χ2n) is 8.46. The minimum atomic E-state index is -1.51. The summed E-state index contributed by atoms with van der Waals surface area (Å²) in [5, 5.41) is 22.0. The fourth-order valence-electron chi connectivity index (χ4n) is 4.07. The number of allylic oxidation sites excluding steroid dienone is 1. The molecule has 142 valence electrons. The van der Waals surface area contributed by atoms with Crippen molar-refractivity contribution in [1.82, 2.24) is 0 Å². The Labute approximate surface area is 157 Å². The second-order valence-corrected chi connectivity index (χ2v) is 8.46. The minimum absolute atomic E-state index is 0. The topological polar surface area (TPSA) is 75.7 Å². The Morgan fingerprint density at radius 1 is 1.20 bits per heavy atom. The summed E-state index contributed by atoms with van der Waals surface area (Å²) in [6, 6.07) is 0. The first-order valence-electron chi connectivity index (χ1n) is 9.18. The van der Waals surface area contributed by atoms with Crippen LogP contribution in [0.2, 0.25) is 0 Å². The molecule has 0 bridgehead atoms. The third kappa shape index (κ3) is 3.88. The predicted molar refractivity (Wildman–Crippen MR) is 102 cm³/mol. The summed E-state index contributed by atoms with van der Waals surface area (Å²) < 4.78 is 5.98. The third-order valence-corrected chi connectivity index (χ3v) is 5.67. The molecule has 0 saturated heterocycles. The van der Waals surface area contributed by atoms with Gasteiger partial charge in [-0.1, -0.05) is 44.9 Å². The van der Waals surface area contributed by atoms with Gasteiger partial charge in [0, 0.05) is 5.57 Å². The summed E-state index contributed by atoms with van der Waals surface area (Å²) in [5.74, 6) is -1.51. The molecule has 0 aromatic heterocycles. The molecular formula is C20H32ClNO3. The SMILES string of the molecule is CC(C)(C)[C@H]1CC2=C(C=CC(=C3CCCCC3)C2O)[C@@](O)(CN)O1.Cl. The maximum absolute atomic E-state index is 11.1. The lowest BCUT2D eigenvalue weighted by molar-refractivity contribution is -0.225. The van der Waals surface area contributed by atoms with Gasteiger partial charge in [-0.2, -0.15) is 0 Å². The van der Waals surface area contributed by atoms with Crippen LogP contribution >= 0.6 is 12.4 Å². The number of ether oxygens (including phenoxy) is 1. The van der Waals surface area contributed by atoms with Crippen LogP contribution in [0.15, 0.2) is 34.4 Å². The first-order chi connectivity index (χ1) is 11.3. The lowest BCUT2D eigenvalue weighted by Gasteiger charge is -2.46. The van der Waals surface area contributed by atoms with Crippen LogP contribution in [0, 0.1) is 5.41 Å². The standard InChI is InChI=1S/C20H31NO3.ClH/c1-19(2,3)17-11-15-16(20(23,12-21)24-17)10-9-14(18(15)22)13-7-5-4-6-8-13;/h9-10,17-18,22-23H,4-8,11-12,21H2,1-3H3;1H/t17-,18?,20-;/m1./s1. The predicted octanol–water partition coefficient (Wildman–Crippen LogP) is 3.38. The van der Waals surface area contributed by atoms with Crippen LogP contribution in [0.25, 0.3) is 0 Å². The van der Waals surface area contributed by atoms with E-state index in [1.54, 1.807) is 0 Å². The molecule has 5 heteroatoms. The maximum Gasteiger partial charge on any atom is 0.205 e. The van der Waals surface area contributed by atoms with E-state index in [1.807, 2.05) is 12.2 Å². The molecule has 1 aliphatic heterocycles. The fraction of sp³-hybridized carbons (Fsp3) is 0.700. The smallest absolute Gasteiger partial charge is 0.205 e. The van der Waals surface area contributed by atoms with Gasteiger partial charge in [-0.3, -0.25) is 0 Å². The van der Waals surface area contributed by atoms with Crippen molar-refractivity contribution >= 4 is 12.4 Å². The second kappa shape index (κ2) is 7.53. The van der Waals surface area contributed by atoms with Crippen molar-refractivity contribution in [3.05, 3.63) is 34.4 Å². The van der Waals surface area contributed by atoms with E-state index in [-0.39, 0.29) is 30.5 Å². The van der Waals surface area contributed by atoms with Crippen LogP contribution in [0.1, 0.15) is 59.3 Å². The van der Waals surface area contributed by atoms with Crippen molar-refractivity contribution in [3.63, 3.8) is 0 Å². The molecule has 0 aromatic carbocycles. The molecule has 1 fully saturated rings. The van der Waals surface area contributed by atoms with Gasteiger partial charge in [0.1, 0.15) is 6.10 Å². The molecule has 3 atom stereocenters. The summed E-state index contributed by atoms with van der Waals surface area (Å²) in [7, 11) is 0. The number of aliphatic hydroxyl groups excluding tert-OH is 1. The quantitative estimate of drug-likeness (QED) is 0.662. The van der Waals surface area contributed by atoms with Gasteiger partial charge in [-0.15, -0.1) is 12.4 Å². The Hall–Kier alpha value is -0.650. The van der Waals surface area contributed by atoms with Crippen molar-refractivity contribution in [2.24, 2.45) is 11.1 Å². The molecule has 0 amide bonds. The average Bonchev–Trinajstić information content (AvgIpc) is 2.55. The highest BCUT2D eigenvalue weighted by Crippen LogP contribution is 2.44. The number of aliphatic hydroxyl groups is 2. The van der Waals surface area contributed by atoms with Gasteiger partial charge >= 0.3 is 0 Å². The summed E-state index contributed by atoms with van der Waals surface area (Å²) in [6.07, 6.45) is 9.49. The first kappa shape index (κ1) is 20.7. The van der Waals surface area contributed by atoms with E-state index >= 15 is 0 Å². The van der Waals surface area contributed by atoms with Crippen LogP contribution in [-0.2, 0) is 4.74 Å². The van der Waals surface area contributed by atoms with E-state index in [9.17, 15) is 10.2 Å². The lowest BCUT2D eigenvalue weighted by atomic mass is 9.74. The highest BCUT2D eigenvalue weighted by molar-refractivity contribution is 5.85. The zero-order chi connectivity index (χ0) is 17.5. The molecule has 1 heterocycles. The van der Waals surface area contributed by atoms with Crippen LogP contribution in [-0.4, -0.2) is 34.8 Å². The van der Waals surface area contributed by atoms with E-state index in [4.69, 9.17) is 10.5 Å². The van der Waals surface area contributed by atoms with E-state index in [2.05, 4.69) is 20.8 Å². The van der Waals surface area contributed by atoms with E-state index in [0.717, 1.165) is 24.0 Å². The Morgan fingerprint density at radius 3 is 2.40 bits per heavy atom. The molecule has 4 nitrogen and oxygen atoms in total. The Bertz CT molecular complexity index is 595. The van der Waals surface area contributed by atoms with E-state index < -0.39 is 11.9 Å². The number of rotatable bonds is 1. The molecule has 1 unspecified atom stereocenters. The van der Waals surface area contributed by atoms with Gasteiger partial charge < -0.3 is 20.7 Å². The van der Waals surface area contributed by atoms with Gasteiger partial charge in [0.2, 0.25) is 5.79 Å². The van der Waals surface area contributed by atoms with Crippen LogP contribution in [0.3, 0.4) is 0 Å². The zero-order valence-electron chi connectivity index (χ0n) is 15.5. The normalized spacial score (nSPS) is 33.2. The molecule has 25 heavy (non-hydrogen) atoms. The zero-order valence-corrected chi connectivity index (χ0v) is 16.4. The van der Waals surface area contributed by atoms with Crippen molar-refractivity contribution in [2.45, 2.75) is 77.3 Å². The van der Waals surface area contributed by atoms with Crippen molar-refractivity contribution in [2.75, 3.05) is 6.54 Å². The van der Waals surface area contributed by atoms with E-state index in [0.29, 0.717) is 12.0 Å². The van der Waals surface area contributed by atoms with Gasteiger partial charge in [0.15, 0.2) is 0 Å². The lowest BCUT2D eigenvalue weighted by Crippen LogP contribution is -2.53. The van der Waals surface area contributed by atoms with E-state index in [1.165, 1.54) is 24.8 Å². The molecule has 0 spiro atoms. The molecule has 1 saturated carbocycles. The summed E-state index contributed by atoms with van der Waals surface area (Å²) >= 11 is 0. The molecule has 4 N–H and O–H groups in total. The van der Waals surface area contributed by atoms with Crippen LogP contribution < -0.4 is 5.73 Å². The van der Waals surface area contributed by atoms with Crippen molar-refractivity contribution < 1.29 is 14.9 Å². The largest absolute Gasteiger partial charge is 0.384 e. The summed E-state index contributed by atoms with van der Waals surface area (Å²) in [5.41, 5.74) is 9.63. The van der Waals surface area contributed by atoms with Gasteiger partial charge in [-0.25, -0.2) is 0 Å². The molecule has 3 rings (SSSR count). The highest BCUT2D eigenvalue weighted by atomic mass is 35.5. The average molecular weight is 370 g/mol. The highest BCUT2D eigenvalue weighted by Gasteiger charge is 2.46.